The number of rotatable bonds is 7. The van der Waals surface area contributed by atoms with Crippen molar-refractivity contribution >= 4 is 23.2 Å². The summed E-state index contributed by atoms with van der Waals surface area (Å²) in [5.74, 6) is 2.38. The van der Waals surface area contributed by atoms with Crippen LogP contribution >= 0.6 is 11.3 Å². The fourth-order valence-electron chi connectivity index (χ4n) is 3.19. The highest BCUT2D eigenvalue weighted by molar-refractivity contribution is 7.09. The van der Waals surface area contributed by atoms with E-state index in [2.05, 4.69) is 46.6 Å². The van der Waals surface area contributed by atoms with Crippen LogP contribution < -0.4 is 5.32 Å². The van der Waals surface area contributed by atoms with E-state index in [9.17, 15) is 4.79 Å². The minimum absolute atomic E-state index is 0.0375. The van der Waals surface area contributed by atoms with E-state index in [1.165, 1.54) is 17.7 Å². The molecule has 1 aromatic rings. The lowest BCUT2D eigenvalue weighted by atomic mass is 9.97. The van der Waals surface area contributed by atoms with Crippen LogP contribution in [0, 0.1) is 11.8 Å². The molecule has 0 bridgehead atoms. The summed E-state index contributed by atoms with van der Waals surface area (Å²) in [6.45, 7) is 7.69. The van der Waals surface area contributed by atoms with Crippen LogP contribution in [0.2, 0.25) is 0 Å². The highest BCUT2D eigenvalue weighted by Gasteiger charge is 2.25. The third kappa shape index (κ3) is 6.69. The van der Waals surface area contributed by atoms with Crippen LogP contribution in [0.1, 0.15) is 31.6 Å². The minimum Gasteiger partial charge on any atom is -0.356 e. The fourth-order valence-corrected chi connectivity index (χ4v) is 3.90. The summed E-state index contributed by atoms with van der Waals surface area (Å²) < 4.78 is 0. The van der Waals surface area contributed by atoms with Gasteiger partial charge in [0.05, 0.1) is 0 Å². The zero-order chi connectivity index (χ0) is 18.2. The first-order valence-electron chi connectivity index (χ1n) is 9.21. The Bertz CT molecular complexity index is 554. The molecule has 1 saturated heterocycles. The fraction of sp³-hybridized carbons (Fsp3) is 0.684. The number of nitrogens with one attached hydrogen (secondary N) is 1. The highest BCUT2D eigenvalue weighted by atomic mass is 32.1. The molecular weight excluding hydrogens is 332 g/mol. The van der Waals surface area contributed by atoms with Crippen LogP contribution in [-0.4, -0.2) is 61.9 Å². The first-order chi connectivity index (χ1) is 12.0. The van der Waals surface area contributed by atoms with Crippen molar-refractivity contribution in [2.45, 2.75) is 33.1 Å². The van der Waals surface area contributed by atoms with Crippen LogP contribution in [-0.2, 0) is 11.2 Å². The van der Waals surface area contributed by atoms with E-state index in [4.69, 9.17) is 0 Å². The van der Waals surface area contributed by atoms with Crippen molar-refractivity contribution in [2.24, 2.45) is 16.8 Å². The molecule has 6 heteroatoms. The van der Waals surface area contributed by atoms with Crippen molar-refractivity contribution in [1.82, 2.24) is 15.1 Å². The van der Waals surface area contributed by atoms with Gasteiger partial charge in [0.15, 0.2) is 5.96 Å². The van der Waals surface area contributed by atoms with E-state index in [0.717, 1.165) is 43.9 Å². The molecule has 2 heterocycles. The molecule has 25 heavy (non-hydrogen) atoms. The second-order valence-corrected chi connectivity index (χ2v) is 8.45. The second-order valence-electron chi connectivity index (χ2n) is 7.41. The summed E-state index contributed by atoms with van der Waals surface area (Å²) in [6, 6.07) is 4.25. The third-order valence-electron chi connectivity index (χ3n) is 4.49. The van der Waals surface area contributed by atoms with Gasteiger partial charge in [0.25, 0.3) is 0 Å². The smallest absolute Gasteiger partial charge is 0.243 e. The van der Waals surface area contributed by atoms with Gasteiger partial charge in [-0.25, -0.2) is 4.99 Å². The normalized spacial score (nSPS) is 18.0. The van der Waals surface area contributed by atoms with Gasteiger partial charge >= 0.3 is 0 Å². The van der Waals surface area contributed by atoms with E-state index in [0.29, 0.717) is 0 Å². The third-order valence-corrected chi connectivity index (χ3v) is 5.42. The predicted octanol–water partition coefficient (Wildman–Crippen LogP) is 2.69. The Morgan fingerprint density at radius 2 is 2.28 bits per heavy atom. The van der Waals surface area contributed by atoms with Crippen LogP contribution in [0.5, 0.6) is 0 Å². The Morgan fingerprint density at radius 3 is 2.92 bits per heavy atom. The van der Waals surface area contributed by atoms with Crippen LogP contribution in [0.4, 0.5) is 0 Å². The molecule has 0 saturated carbocycles. The van der Waals surface area contributed by atoms with Crippen LogP contribution in [0.15, 0.2) is 22.5 Å². The highest BCUT2D eigenvalue weighted by Crippen LogP contribution is 2.23. The molecule has 1 aromatic heterocycles. The molecule has 5 nitrogen and oxygen atoms in total. The van der Waals surface area contributed by atoms with Gasteiger partial charge in [-0.15, -0.1) is 11.3 Å². The number of hydrogen-bond acceptors (Lipinski definition) is 3. The maximum absolute atomic E-state index is 11.9. The number of carbonyl (C=O) groups excluding carboxylic acids is 1. The Kier molecular flexibility index (Phi) is 7.75. The number of amides is 1. The molecule has 1 unspecified atom stereocenters. The number of likely N-dealkylation sites (N-methyl/N-ethyl adjacent to an activating group) is 1. The predicted molar refractivity (Wildman–Crippen MR) is 106 cm³/mol. The summed E-state index contributed by atoms with van der Waals surface area (Å²) in [6.07, 6.45) is 3.46. The summed E-state index contributed by atoms with van der Waals surface area (Å²) in [7, 11) is 3.55. The van der Waals surface area contributed by atoms with E-state index >= 15 is 0 Å². The number of carbonyl (C=O) groups is 1. The summed E-state index contributed by atoms with van der Waals surface area (Å²) >= 11 is 1.78. The average molecular weight is 365 g/mol. The van der Waals surface area contributed by atoms with E-state index in [1.54, 1.807) is 30.3 Å². The standard InChI is InChI=1S/C19H32N4OS/c1-15(2)12-16-8-10-23(14-16)19(21-13-18(24)22(3)4)20-9-7-17-6-5-11-25-17/h5-6,11,15-16H,7-10,12-14H2,1-4H3,(H,20,21). The molecular formula is C19H32N4OS. The van der Waals surface area contributed by atoms with E-state index < -0.39 is 0 Å². The molecule has 0 aromatic carbocycles. The SMILES string of the molecule is CC(C)CC1CCN(C(=NCC(=O)N(C)C)NCCc2cccs2)C1. The molecule has 1 aliphatic heterocycles. The first kappa shape index (κ1) is 19.8. The van der Waals surface area contributed by atoms with Crippen molar-refractivity contribution in [3.63, 3.8) is 0 Å². The van der Waals surface area contributed by atoms with Gasteiger partial charge in [0.1, 0.15) is 6.54 Å². The molecule has 0 spiro atoms. The molecule has 2 rings (SSSR count). The molecule has 140 valence electrons. The first-order valence-corrected chi connectivity index (χ1v) is 10.1. The lowest BCUT2D eigenvalue weighted by Crippen LogP contribution is -2.41. The number of nitrogens with zero attached hydrogens (tertiary/aromatic N) is 3. The molecule has 0 aliphatic carbocycles. The van der Waals surface area contributed by atoms with Crippen LogP contribution in [0.25, 0.3) is 0 Å². The summed E-state index contributed by atoms with van der Waals surface area (Å²) in [4.78, 5) is 21.8. The van der Waals surface area contributed by atoms with Crippen molar-refractivity contribution in [1.29, 1.82) is 0 Å². The number of hydrogen-bond donors (Lipinski definition) is 1. The zero-order valence-corrected chi connectivity index (χ0v) is 16.8. The van der Waals surface area contributed by atoms with Gasteiger partial charge in [0, 0.05) is 38.6 Å². The summed E-state index contributed by atoms with van der Waals surface area (Å²) in [5, 5.41) is 5.59. The van der Waals surface area contributed by atoms with Gasteiger partial charge in [-0.05, 0) is 42.5 Å². The molecule has 1 atom stereocenters. The van der Waals surface area contributed by atoms with Gasteiger partial charge in [-0.2, -0.15) is 0 Å². The van der Waals surface area contributed by atoms with Crippen LogP contribution in [0.3, 0.4) is 0 Å². The maximum Gasteiger partial charge on any atom is 0.243 e. The Labute approximate surface area is 156 Å². The molecule has 1 amide bonds. The summed E-state index contributed by atoms with van der Waals surface area (Å²) in [5.41, 5.74) is 0. The molecule has 0 radical (unpaired) electrons. The Morgan fingerprint density at radius 1 is 1.48 bits per heavy atom. The van der Waals surface area contributed by atoms with Crippen molar-refractivity contribution < 1.29 is 4.79 Å². The van der Waals surface area contributed by atoms with Crippen molar-refractivity contribution in [2.75, 3.05) is 40.3 Å². The Hall–Kier alpha value is -1.56. The average Bonchev–Trinajstić information content (AvgIpc) is 3.21. The minimum atomic E-state index is 0.0375. The number of guanidine groups is 1. The number of thiophene rings is 1. The van der Waals surface area contributed by atoms with Crippen molar-refractivity contribution in [3.05, 3.63) is 22.4 Å². The number of likely N-dealkylation sites (tertiary alicyclic amines) is 1. The largest absolute Gasteiger partial charge is 0.356 e. The molecule has 1 aliphatic rings. The second kappa shape index (κ2) is 9.80. The quantitative estimate of drug-likeness (QED) is 0.598. The van der Waals surface area contributed by atoms with Gasteiger partial charge < -0.3 is 15.1 Å². The maximum atomic E-state index is 11.9. The lowest BCUT2D eigenvalue weighted by Gasteiger charge is -2.23. The van der Waals surface area contributed by atoms with Gasteiger partial charge in [0.2, 0.25) is 5.91 Å². The monoisotopic (exact) mass is 364 g/mol. The molecule has 1 N–H and O–H groups in total. The van der Waals surface area contributed by atoms with Gasteiger partial charge in [-0.3, -0.25) is 4.79 Å². The molecule has 1 fully saturated rings. The lowest BCUT2D eigenvalue weighted by molar-refractivity contribution is -0.127. The number of aliphatic imine (C=N–C) groups is 1. The Balaban J connectivity index is 1.93. The topological polar surface area (TPSA) is 47.9 Å². The van der Waals surface area contributed by atoms with Gasteiger partial charge in [-0.1, -0.05) is 19.9 Å². The van der Waals surface area contributed by atoms with E-state index in [-0.39, 0.29) is 12.5 Å². The zero-order valence-electron chi connectivity index (χ0n) is 16.0. The van der Waals surface area contributed by atoms with E-state index in [1.807, 2.05) is 0 Å². The van der Waals surface area contributed by atoms with Crippen molar-refractivity contribution in [3.8, 4) is 0 Å².